The van der Waals surface area contributed by atoms with Crippen LogP contribution in [0, 0.1) is 10.5 Å². The van der Waals surface area contributed by atoms with Crippen LogP contribution >= 0.6 is 22.6 Å². The third-order valence-corrected chi connectivity index (χ3v) is 5.40. The average Bonchev–Trinajstić information content (AvgIpc) is 2.50. The Morgan fingerprint density at radius 3 is 2.44 bits per heavy atom. The smallest absolute Gasteiger partial charge is 0.347 e. The van der Waals surface area contributed by atoms with E-state index in [0.717, 1.165) is 0 Å². The molecule has 0 bridgehead atoms. The number of benzene rings is 2. The van der Waals surface area contributed by atoms with Crippen LogP contribution in [0.3, 0.4) is 0 Å². The van der Waals surface area contributed by atoms with Crippen molar-refractivity contribution in [2.45, 2.75) is 31.6 Å². The molecule has 0 radical (unpaired) electrons. The summed E-state index contributed by atoms with van der Waals surface area (Å²) in [6.45, 7) is 5.09. The number of rotatable bonds is 4. The fourth-order valence-corrected chi connectivity index (χ4v) is 3.71. The molecule has 0 spiro atoms. The van der Waals surface area contributed by atoms with E-state index in [0.29, 0.717) is 14.7 Å². The van der Waals surface area contributed by atoms with E-state index >= 15 is 0 Å². The molecule has 2 N–H and O–H groups in total. The number of ether oxygens (including phenoxy) is 1. The number of phenolic OH excluding ortho intramolecular Hbond substituents is 1. The van der Waals surface area contributed by atoms with E-state index in [9.17, 15) is 22.9 Å². The van der Waals surface area contributed by atoms with Crippen molar-refractivity contribution in [3.63, 3.8) is 0 Å². The van der Waals surface area contributed by atoms with Crippen molar-refractivity contribution in [3.05, 3.63) is 50.6 Å². The molecule has 8 heteroatoms. The summed E-state index contributed by atoms with van der Waals surface area (Å²) in [6, 6.07) is 7.39. The number of carbonyl (C=O) groups excluding carboxylic acids is 1. The summed E-state index contributed by atoms with van der Waals surface area (Å²) in [5.74, 6) is -0.988. The molecule has 0 amide bonds. The molecule has 0 saturated carbocycles. The Morgan fingerprint density at radius 2 is 1.88 bits per heavy atom. The summed E-state index contributed by atoms with van der Waals surface area (Å²) >= 11 is 1.90. The highest BCUT2D eigenvalue weighted by Gasteiger charge is 2.22. The lowest BCUT2D eigenvalue weighted by molar-refractivity contribution is 0.0730. The Bertz CT molecular complexity index is 934. The Labute approximate surface area is 159 Å². The summed E-state index contributed by atoms with van der Waals surface area (Å²) in [6.07, 6.45) is 0. The van der Waals surface area contributed by atoms with Gasteiger partial charge < -0.3 is 9.84 Å². The quantitative estimate of drug-likeness (QED) is 0.301. The molecular formula is C17H17IO6S. The molecule has 0 fully saturated rings. The Balaban J connectivity index is 2.48. The van der Waals surface area contributed by atoms with Crippen LogP contribution in [-0.2, 0) is 10.1 Å². The van der Waals surface area contributed by atoms with E-state index in [4.69, 9.17) is 4.74 Å². The maximum absolute atomic E-state index is 12.3. The molecule has 0 saturated heterocycles. The van der Waals surface area contributed by atoms with Gasteiger partial charge in [0.1, 0.15) is 17.1 Å². The first kappa shape index (κ1) is 19.7. The Hall–Kier alpha value is -1.65. The summed E-state index contributed by atoms with van der Waals surface area (Å²) in [4.78, 5) is 12.1. The van der Waals surface area contributed by atoms with Crippen molar-refractivity contribution >= 4 is 38.7 Å². The first-order valence-corrected chi connectivity index (χ1v) is 9.86. The number of hydrogen-bond donors (Lipinski definition) is 2. The maximum atomic E-state index is 12.3. The van der Waals surface area contributed by atoms with Gasteiger partial charge in [0.2, 0.25) is 0 Å². The molecule has 25 heavy (non-hydrogen) atoms. The van der Waals surface area contributed by atoms with Crippen LogP contribution in [0.1, 0.15) is 41.3 Å². The molecule has 2 rings (SSSR count). The lowest BCUT2D eigenvalue weighted by Gasteiger charge is -2.15. The average molecular weight is 476 g/mol. The second-order valence-electron chi connectivity index (χ2n) is 5.81. The van der Waals surface area contributed by atoms with Crippen LogP contribution in [0.25, 0.3) is 0 Å². The largest absolute Gasteiger partial charge is 0.506 e. The molecule has 0 aliphatic carbocycles. The van der Waals surface area contributed by atoms with Gasteiger partial charge in [-0.05, 0) is 70.8 Å². The second kappa shape index (κ2) is 7.30. The summed E-state index contributed by atoms with van der Waals surface area (Å²) in [5, 5.41) is 9.99. The van der Waals surface area contributed by atoms with E-state index in [1.807, 2.05) is 22.6 Å². The number of aryl methyl sites for hydroxylation is 1. The van der Waals surface area contributed by atoms with Gasteiger partial charge >= 0.3 is 5.97 Å². The number of halogens is 1. The lowest BCUT2D eigenvalue weighted by Crippen LogP contribution is -2.12. The number of para-hydroxylation sites is 1. The SMILES string of the molecule is Cc1cc(S(=O)(=O)O)c(C(C)C)cc1OC(=O)c1cccc(I)c1O. The predicted octanol–water partition coefficient (Wildman–Crippen LogP) is 3.89. The second-order valence-corrected chi connectivity index (χ2v) is 8.36. The zero-order valence-corrected chi connectivity index (χ0v) is 16.8. The fourth-order valence-electron chi connectivity index (χ4n) is 2.30. The molecule has 0 aromatic heterocycles. The van der Waals surface area contributed by atoms with Crippen LogP contribution < -0.4 is 4.74 Å². The van der Waals surface area contributed by atoms with Gasteiger partial charge in [-0.1, -0.05) is 19.9 Å². The summed E-state index contributed by atoms with van der Waals surface area (Å²) in [5.41, 5.74) is 0.717. The van der Waals surface area contributed by atoms with Crippen molar-refractivity contribution in [2.75, 3.05) is 0 Å². The van der Waals surface area contributed by atoms with Crippen LogP contribution in [0.2, 0.25) is 0 Å². The minimum atomic E-state index is -4.39. The Kier molecular flexibility index (Phi) is 5.75. The normalized spacial score (nSPS) is 11.6. The van der Waals surface area contributed by atoms with E-state index in [1.54, 1.807) is 32.9 Å². The van der Waals surface area contributed by atoms with Gasteiger partial charge in [0, 0.05) is 0 Å². The van der Waals surface area contributed by atoms with Crippen molar-refractivity contribution in [3.8, 4) is 11.5 Å². The monoisotopic (exact) mass is 476 g/mol. The number of aromatic hydroxyl groups is 1. The molecule has 0 atom stereocenters. The van der Waals surface area contributed by atoms with Crippen LogP contribution in [0.4, 0.5) is 0 Å². The molecule has 0 heterocycles. The molecule has 0 aliphatic heterocycles. The zero-order chi connectivity index (χ0) is 18.9. The topological polar surface area (TPSA) is 101 Å². The van der Waals surface area contributed by atoms with Gasteiger partial charge in [-0.3, -0.25) is 4.55 Å². The van der Waals surface area contributed by atoms with E-state index in [1.165, 1.54) is 18.2 Å². The van der Waals surface area contributed by atoms with Gasteiger partial charge in [-0.25, -0.2) is 4.79 Å². The summed E-state index contributed by atoms with van der Waals surface area (Å²) in [7, 11) is -4.39. The van der Waals surface area contributed by atoms with Gasteiger partial charge in [-0.15, -0.1) is 0 Å². The van der Waals surface area contributed by atoms with Gasteiger partial charge in [0.25, 0.3) is 10.1 Å². The standard InChI is InChI=1S/C17H17IO6S/c1-9(2)12-8-14(10(3)7-15(12)25(21,22)23)24-17(20)11-5-4-6-13(18)16(11)19/h4-9,19H,1-3H3,(H,21,22,23). The third kappa shape index (κ3) is 4.31. The first-order valence-electron chi connectivity index (χ1n) is 7.34. The molecular weight excluding hydrogens is 459 g/mol. The number of phenols is 1. The summed E-state index contributed by atoms with van der Waals surface area (Å²) < 4.78 is 38.4. The van der Waals surface area contributed by atoms with E-state index in [2.05, 4.69) is 0 Å². The van der Waals surface area contributed by atoms with Gasteiger partial charge in [-0.2, -0.15) is 8.42 Å². The van der Waals surface area contributed by atoms with E-state index < -0.39 is 16.1 Å². The van der Waals surface area contributed by atoms with Crippen molar-refractivity contribution in [1.82, 2.24) is 0 Å². The highest BCUT2D eigenvalue weighted by molar-refractivity contribution is 14.1. The zero-order valence-electron chi connectivity index (χ0n) is 13.8. The van der Waals surface area contributed by atoms with Crippen LogP contribution in [0.5, 0.6) is 11.5 Å². The van der Waals surface area contributed by atoms with Crippen molar-refractivity contribution in [1.29, 1.82) is 0 Å². The van der Waals surface area contributed by atoms with Crippen molar-refractivity contribution < 1.29 is 27.6 Å². The molecule has 2 aromatic rings. The van der Waals surface area contributed by atoms with Gasteiger partial charge in [0.05, 0.1) is 8.47 Å². The highest BCUT2D eigenvalue weighted by atomic mass is 127. The van der Waals surface area contributed by atoms with Crippen molar-refractivity contribution in [2.24, 2.45) is 0 Å². The molecule has 0 unspecified atom stereocenters. The molecule has 134 valence electrons. The number of hydrogen-bond acceptors (Lipinski definition) is 5. The molecule has 2 aromatic carbocycles. The van der Waals surface area contributed by atoms with Crippen LogP contribution in [0.15, 0.2) is 35.2 Å². The predicted molar refractivity (Wildman–Crippen MR) is 101 cm³/mol. The first-order chi connectivity index (χ1) is 11.5. The number of carbonyl (C=O) groups is 1. The maximum Gasteiger partial charge on any atom is 0.347 e. The third-order valence-electron chi connectivity index (χ3n) is 3.62. The number of esters is 1. The Morgan fingerprint density at radius 1 is 1.24 bits per heavy atom. The molecule has 6 nitrogen and oxygen atoms in total. The fraction of sp³-hybridized carbons (Fsp3) is 0.235. The molecule has 0 aliphatic rings. The minimum absolute atomic E-state index is 0.0104. The van der Waals surface area contributed by atoms with Crippen LogP contribution in [-0.4, -0.2) is 24.0 Å². The lowest BCUT2D eigenvalue weighted by atomic mass is 10.0. The highest BCUT2D eigenvalue weighted by Crippen LogP contribution is 2.32. The van der Waals surface area contributed by atoms with Gasteiger partial charge in [0.15, 0.2) is 0 Å². The van der Waals surface area contributed by atoms with E-state index in [-0.39, 0.29) is 27.9 Å². The minimum Gasteiger partial charge on any atom is -0.506 e.